The maximum absolute atomic E-state index is 12.4. The first-order chi connectivity index (χ1) is 22.3. The van der Waals surface area contributed by atoms with Crippen LogP contribution in [0.15, 0.2) is 70.7 Å². The second-order valence-corrected chi connectivity index (χ2v) is 14.0. The number of ether oxygens (including phenoxy) is 2. The van der Waals surface area contributed by atoms with Gasteiger partial charge in [0.1, 0.15) is 21.3 Å². The van der Waals surface area contributed by atoms with Crippen LogP contribution in [0.5, 0.6) is 5.75 Å². The summed E-state index contributed by atoms with van der Waals surface area (Å²) >= 11 is 3.00. The van der Waals surface area contributed by atoms with Crippen LogP contribution >= 0.6 is 23.5 Å². The van der Waals surface area contributed by atoms with Gasteiger partial charge in [-0.25, -0.2) is 0 Å². The zero-order valence-electron chi connectivity index (χ0n) is 25.5. The van der Waals surface area contributed by atoms with E-state index in [1.54, 1.807) is 30.2 Å². The van der Waals surface area contributed by atoms with Crippen LogP contribution in [-0.2, 0) is 20.7 Å². The molecule has 0 atom stereocenters. The number of thioether (sulfide) groups is 2. The quantitative estimate of drug-likeness (QED) is 0.160. The van der Waals surface area contributed by atoms with Crippen LogP contribution in [0, 0.1) is 22.7 Å². The van der Waals surface area contributed by atoms with Gasteiger partial charge >= 0.3 is 11.9 Å². The number of aliphatic carboxylic acids is 1. The Kier molecular flexibility index (Phi) is 10.7. The topological polar surface area (TPSA) is 146 Å². The Morgan fingerprint density at radius 2 is 1.48 bits per heavy atom. The van der Waals surface area contributed by atoms with Crippen molar-refractivity contribution in [1.82, 2.24) is 9.97 Å². The summed E-state index contributed by atoms with van der Waals surface area (Å²) in [5.74, 6) is -0.278. The van der Waals surface area contributed by atoms with E-state index in [1.165, 1.54) is 11.8 Å². The number of nitrogens with zero attached hydrogens (tertiary/aromatic N) is 4. The first kappa shape index (κ1) is 33.1. The fraction of sp³-hybridized carbons (Fsp3) is 0.371. The van der Waals surface area contributed by atoms with Gasteiger partial charge < -0.3 is 14.6 Å². The summed E-state index contributed by atoms with van der Waals surface area (Å²) in [6.45, 7) is 2.24. The van der Waals surface area contributed by atoms with E-state index in [1.807, 2.05) is 49.4 Å². The number of carbonyl (C=O) groups excluding carboxylic acids is 1. The van der Waals surface area contributed by atoms with E-state index in [-0.39, 0.29) is 12.6 Å². The molecule has 0 radical (unpaired) electrons. The number of carboxylic acids is 1. The molecule has 0 bridgehead atoms. The second kappa shape index (κ2) is 14.8. The Labute approximate surface area is 276 Å². The Morgan fingerprint density at radius 1 is 0.870 bits per heavy atom. The molecular formula is C35H34N4O5S2. The minimum atomic E-state index is -0.759. The van der Waals surface area contributed by atoms with Gasteiger partial charge in [0, 0.05) is 39.4 Å². The maximum Gasteiger partial charge on any atom is 0.322 e. The monoisotopic (exact) mass is 654 g/mol. The number of pyridine rings is 2. The lowest BCUT2D eigenvalue weighted by atomic mass is 9.84. The molecule has 0 spiro atoms. The lowest BCUT2D eigenvalue weighted by molar-refractivity contribution is -0.148. The summed E-state index contributed by atoms with van der Waals surface area (Å²) in [5, 5.41) is 28.8. The molecule has 0 saturated heterocycles. The molecule has 0 amide bonds. The number of hydrogen-bond donors (Lipinski definition) is 1. The van der Waals surface area contributed by atoms with Crippen molar-refractivity contribution in [2.75, 3.05) is 13.2 Å². The molecule has 2 aliphatic carbocycles. The Morgan fingerprint density at radius 3 is 2.02 bits per heavy atom. The van der Waals surface area contributed by atoms with Crippen LogP contribution in [0.2, 0.25) is 0 Å². The zero-order valence-corrected chi connectivity index (χ0v) is 27.2. The number of hydrogen-bond acceptors (Lipinski definition) is 10. The molecule has 0 aliphatic heterocycles. The molecule has 46 heavy (non-hydrogen) atoms. The van der Waals surface area contributed by atoms with Gasteiger partial charge in [-0.3, -0.25) is 19.6 Å². The minimum Gasteiger partial charge on any atom is -0.480 e. The lowest BCUT2D eigenvalue weighted by Gasteiger charge is -2.38. The SMILES string of the molecule is CCOC(=O)C1(Sc2ccnc3ccc(CCC#N)cc23)CCC1.N#CCOc1ccc2nccc(SC3(C(=O)O)CCC3)c2c1. The predicted octanol–water partition coefficient (Wildman–Crippen LogP) is 7.51. The highest BCUT2D eigenvalue weighted by molar-refractivity contribution is 8.02. The van der Waals surface area contributed by atoms with Crippen molar-refractivity contribution in [3.8, 4) is 17.9 Å². The number of benzene rings is 2. The molecule has 2 aliphatic rings. The maximum atomic E-state index is 12.4. The third-order valence-electron chi connectivity index (χ3n) is 8.24. The van der Waals surface area contributed by atoms with E-state index in [9.17, 15) is 14.7 Å². The fourth-order valence-corrected chi connectivity index (χ4v) is 8.26. The van der Waals surface area contributed by atoms with Gasteiger partial charge in [0.25, 0.3) is 0 Å². The van der Waals surface area contributed by atoms with Gasteiger partial charge in [0.2, 0.25) is 0 Å². The normalized spacial score (nSPS) is 15.6. The molecule has 2 aromatic heterocycles. The molecule has 2 fully saturated rings. The summed E-state index contributed by atoms with van der Waals surface area (Å²) < 4.78 is 9.44. The number of carboxylic acid groups (broad SMARTS) is 1. The van der Waals surface area contributed by atoms with Gasteiger partial charge in [-0.1, -0.05) is 6.07 Å². The number of rotatable bonds is 11. The van der Waals surface area contributed by atoms with E-state index in [2.05, 4.69) is 22.1 Å². The van der Waals surface area contributed by atoms with Crippen molar-refractivity contribution in [3.05, 3.63) is 66.5 Å². The number of fused-ring (bicyclic) bond motifs is 2. The molecular weight excluding hydrogens is 621 g/mol. The molecule has 6 rings (SSSR count). The van der Waals surface area contributed by atoms with Crippen LogP contribution in [-0.4, -0.2) is 49.7 Å². The highest BCUT2D eigenvalue weighted by Gasteiger charge is 2.47. The third kappa shape index (κ3) is 7.22. The van der Waals surface area contributed by atoms with Gasteiger partial charge in [-0.2, -0.15) is 10.5 Å². The highest BCUT2D eigenvalue weighted by atomic mass is 32.2. The molecule has 2 aromatic carbocycles. The van der Waals surface area contributed by atoms with Crippen molar-refractivity contribution in [2.24, 2.45) is 0 Å². The molecule has 9 nitrogen and oxygen atoms in total. The van der Waals surface area contributed by atoms with Crippen molar-refractivity contribution in [3.63, 3.8) is 0 Å². The molecule has 4 aromatic rings. The first-order valence-corrected chi connectivity index (χ1v) is 16.9. The molecule has 1 N–H and O–H groups in total. The molecule has 2 heterocycles. The van der Waals surface area contributed by atoms with Crippen molar-refractivity contribution in [1.29, 1.82) is 10.5 Å². The van der Waals surface area contributed by atoms with E-state index in [4.69, 9.17) is 20.0 Å². The number of nitriles is 2. The molecule has 0 unspecified atom stereocenters. The van der Waals surface area contributed by atoms with Crippen molar-refractivity contribution < 1.29 is 24.2 Å². The Balaban J connectivity index is 0.000000182. The van der Waals surface area contributed by atoms with E-state index in [0.717, 1.165) is 69.3 Å². The third-order valence-corrected chi connectivity index (χ3v) is 11.3. The van der Waals surface area contributed by atoms with Crippen LogP contribution < -0.4 is 4.74 Å². The summed E-state index contributed by atoms with van der Waals surface area (Å²) in [5.41, 5.74) is 2.82. The summed E-state index contributed by atoms with van der Waals surface area (Å²) in [7, 11) is 0. The van der Waals surface area contributed by atoms with Gasteiger partial charge in [0.15, 0.2) is 6.61 Å². The van der Waals surface area contributed by atoms with Gasteiger partial charge in [-0.05, 0) is 99.9 Å². The largest absolute Gasteiger partial charge is 0.480 e. The molecule has 236 valence electrons. The molecule has 11 heteroatoms. The van der Waals surface area contributed by atoms with Crippen molar-refractivity contribution in [2.45, 2.75) is 77.6 Å². The number of aryl methyl sites for hydroxylation is 1. The summed E-state index contributed by atoms with van der Waals surface area (Å²) in [6.07, 6.45) is 9.79. The summed E-state index contributed by atoms with van der Waals surface area (Å²) in [6, 6.07) is 19.4. The van der Waals surface area contributed by atoms with Crippen LogP contribution in [0.1, 0.15) is 57.4 Å². The predicted molar refractivity (Wildman–Crippen MR) is 178 cm³/mol. The first-order valence-electron chi connectivity index (χ1n) is 15.2. The fourth-order valence-electron chi connectivity index (χ4n) is 5.39. The van der Waals surface area contributed by atoms with Crippen LogP contribution in [0.4, 0.5) is 0 Å². The van der Waals surface area contributed by atoms with Crippen LogP contribution in [0.25, 0.3) is 21.8 Å². The Hall–Kier alpha value is -4.32. The summed E-state index contributed by atoms with van der Waals surface area (Å²) in [4.78, 5) is 34.6. The average Bonchev–Trinajstić information content (AvgIpc) is 3.02. The van der Waals surface area contributed by atoms with E-state index in [0.29, 0.717) is 31.6 Å². The van der Waals surface area contributed by atoms with Crippen LogP contribution in [0.3, 0.4) is 0 Å². The zero-order chi connectivity index (χ0) is 32.6. The minimum absolute atomic E-state index is 0.0205. The van der Waals surface area contributed by atoms with E-state index >= 15 is 0 Å². The van der Waals surface area contributed by atoms with Crippen molar-refractivity contribution >= 4 is 57.3 Å². The Bertz CT molecular complexity index is 1830. The number of esters is 1. The standard InChI is InChI=1S/C19H20N2O2S.C16H14N2O3S/c1-2-23-18(22)19(9-4-10-19)24-17-8-12-21-16-7-6-14(5-3-11-20)13-15(16)17;17-7-9-21-11-2-3-13-12(10-11)14(4-8-18-13)22-16(15(19)20)5-1-6-16/h6-8,12-13H,2-5,9-10H2,1H3;2-4,8,10H,1,5-6,9H2,(H,19,20). The number of carbonyl (C=O) groups is 2. The number of aromatic nitrogens is 2. The smallest absolute Gasteiger partial charge is 0.322 e. The average molecular weight is 655 g/mol. The lowest BCUT2D eigenvalue weighted by Crippen LogP contribution is -2.43. The second-order valence-electron chi connectivity index (χ2n) is 11.2. The van der Waals surface area contributed by atoms with E-state index < -0.39 is 15.5 Å². The highest BCUT2D eigenvalue weighted by Crippen LogP contribution is 2.50. The van der Waals surface area contributed by atoms with Gasteiger partial charge in [0.05, 0.1) is 23.7 Å². The van der Waals surface area contributed by atoms with Gasteiger partial charge in [-0.15, -0.1) is 23.5 Å². The molecule has 2 saturated carbocycles.